The van der Waals surface area contributed by atoms with E-state index in [0.717, 1.165) is 22.2 Å². The van der Waals surface area contributed by atoms with Gasteiger partial charge in [-0.3, -0.25) is 0 Å². The maximum atomic E-state index is 9.59. The van der Waals surface area contributed by atoms with Crippen LogP contribution in [0.2, 0.25) is 5.02 Å². The molecule has 0 amide bonds. The molecular formula is C19H20ClN7O. The highest BCUT2D eigenvalue weighted by Crippen LogP contribution is 2.39. The molecule has 28 heavy (non-hydrogen) atoms. The number of hydrogen-bond acceptors (Lipinski definition) is 7. The number of benzene rings is 1. The van der Waals surface area contributed by atoms with Crippen molar-refractivity contribution in [2.24, 2.45) is 0 Å². The van der Waals surface area contributed by atoms with Gasteiger partial charge in [-0.1, -0.05) is 11.6 Å². The van der Waals surface area contributed by atoms with E-state index in [1.807, 2.05) is 20.8 Å². The maximum Gasteiger partial charge on any atom is 0.164 e. The van der Waals surface area contributed by atoms with Crippen molar-refractivity contribution in [3.63, 3.8) is 0 Å². The van der Waals surface area contributed by atoms with Crippen molar-refractivity contribution in [2.45, 2.75) is 39.5 Å². The molecular weight excluding hydrogens is 378 g/mol. The molecule has 3 N–H and O–H groups in total. The zero-order valence-corrected chi connectivity index (χ0v) is 16.6. The number of nitrogens with one attached hydrogen (secondary N) is 1. The number of nitriles is 1. The fraction of sp³-hybridized carbons (Fsp3) is 0.368. The van der Waals surface area contributed by atoms with Crippen LogP contribution in [-0.4, -0.2) is 32.4 Å². The Balaban J connectivity index is 1.94. The van der Waals surface area contributed by atoms with Crippen LogP contribution in [0.25, 0.3) is 11.0 Å². The van der Waals surface area contributed by atoms with Gasteiger partial charge in [0.05, 0.1) is 27.7 Å². The molecule has 2 atom stereocenters. The minimum atomic E-state index is -0.241. The van der Waals surface area contributed by atoms with E-state index in [9.17, 15) is 5.26 Å². The van der Waals surface area contributed by atoms with E-state index in [1.165, 1.54) is 6.33 Å². The van der Waals surface area contributed by atoms with Gasteiger partial charge in [0, 0.05) is 24.2 Å². The normalized spacial score (nSPS) is 17.5. The van der Waals surface area contributed by atoms with Gasteiger partial charge in [0.2, 0.25) is 0 Å². The third-order valence-electron chi connectivity index (χ3n) is 5.03. The molecule has 1 aromatic carbocycles. The Morgan fingerprint density at radius 2 is 2.25 bits per heavy atom. The molecule has 9 heteroatoms. The molecule has 144 valence electrons. The number of anilines is 1. The number of ether oxygens (including phenoxy) is 1. The van der Waals surface area contributed by atoms with Crippen LogP contribution < -0.4 is 15.8 Å². The first kappa shape index (κ1) is 18.5. The van der Waals surface area contributed by atoms with Gasteiger partial charge in [-0.05, 0) is 26.8 Å². The second-order valence-corrected chi connectivity index (χ2v) is 7.37. The van der Waals surface area contributed by atoms with Gasteiger partial charge >= 0.3 is 0 Å². The second kappa shape index (κ2) is 6.93. The highest BCUT2D eigenvalue weighted by Gasteiger charge is 2.27. The van der Waals surface area contributed by atoms with Crippen molar-refractivity contribution >= 4 is 28.5 Å². The Labute approximate surface area is 167 Å². The SMILES string of the molecule is Cc1nn(C(C)c2cc(Cl)c(C#N)c3c2OC(C)CNC3)c2ncnc(N)c12. The maximum absolute atomic E-state index is 9.59. The van der Waals surface area contributed by atoms with Crippen molar-refractivity contribution in [1.29, 1.82) is 5.26 Å². The lowest BCUT2D eigenvalue weighted by molar-refractivity contribution is 0.222. The van der Waals surface area contributed by atoms with Gasteiger partial charge in [0.1, 0.15) is 30.1 Å². The van der Waals surface area contributed by atoms with E-state index in [4.69, 9.17) is 22.1 Å². The highest BCUT2D eigenvalue weighted by atomic mass is 35.5. The van der Waals surface area contributed by atoms with Crippen molar-refractivity contribution in [2.75, 3.05) is 12.3 Å². The predicted octanol–water partition coefficient (Wildman–Crippen LogP) is 2.72. The summed E-state index contributed by atoms with van der Waals surface area (Å²) in [5, 5.41) is 18.7. The van der Waals surface area contributed by atoms with Crippen molar-refractivity contribution in [1.82, 2.24) is 25.1 Å². The number of fused-ring (bicyclic) bond motifs is 2. The molecule has 1 aliphatic rings. The number of nitrogen functional groups attached to an aromatic ring is 1. The van der Waals surface area contributed by atoms with E-state index in [1.54, 1.807) is 10.7 Å². The lowest BCUT2D eigenvalue weighted by atomic mass is 9.98. The molecule has 3 aromatic rings. The van der Waals surface area contributed by atoms with Gasteiger partial charge in [-0.2, -0.15) is 10.4 Å². The Morgan fingerprint density at radius 1 is 1.46 bits per heavy atom. The molecule has 0 aliphatic carbocycles. The van der Waals surface area contributed by atoms with Crippen molar-refractivity contribution < 1.29 is 4.74 Å². The molecule has 2 aromatic heterocycles. The molecule has 1 aliphatic heterocycles. The highest BCUT2D eigenvalue weighted by molar-refractivity contribution is 6.32. The molecule has 2 unspecified atom stereocenters. The lowest BCUT2D eigenvalue weighted by Crippen LogP contribution is -2.25. The number of halogens is 1. The van der Waals surface area contributed by atoms with E-state index in [2.05, 4.69) is 26.5 Å². The third-order valence-corrected chi connectivity index (χ3v) is 5.33. The number of aromatic nitrogens is 4. The topological polar surface area (TPSA) is 115 Å². The zero-order chi connectivity index (χ0) is 20.0. The van der Waals surface area contributed by atoms with Crippen LogP contribution in [0.4, 0.5) is 5.82 Å². The van der Waals surface area contributed by atoms with Gasteiger partial charge in [-0.25, -0.2) is 14.6 Å². The van der Waals surface area contributed by atoms with Crippen LogP contribution in [0, 0.1) is 18.3 Å². The van der Waals surface area contributed by atoms with Gasteiger partial charge in [-0.15, -0.1) is 0 Å². The summed E-state index contributed by atoms with van der Waals surface area (Å²) in [7, 11) is 0. The molecule has 0 saturated carbocycles. The first-order chi connectivity index (χ1) is 13.4. The van der Waals surface area contributed by atoms with E-state index < -0.39 is 0 Å². The van der Waals surface area contributed by atoms with Gasteiger partial charge < -0.3 is 15.8 Å². The molecule has 0 saturated heterocycles. The van der Waals surface area contributed by atoms with Crippen LogP contribution in [0.1, 0.15) is 42.3 Å². The molecule has 0 fully saturated rings. The average Bonchev–Trinajstić information content (AvgIpc) is 2.88. The first-order valence-corrected chi connectivity index (χ1v) is 9.38. The van der Waals surface area contributed by atoms with E-state index in [0.29, 0.717) is 40.9 Å². The molecule has 0 spiro atoms. The van der Waals surface area contributed by atoms with Crippen LogP contribution in [0.5, 0.6) is 5.75 Å². The lowest BCUT2D eigenvalue weighted by Gasteiger charge is -2.22. The first-order valence-electron chi connectivity index (χ1n) is 9.00. The van der Waals surface area contributed by atoms with Crippen molar-refractivity contribution in [3.05, 3.63) is 39.8 Å². The second-order valence-electron chi connectivity index (χ2n) is 6.96. The summed E-state index contributed by atoms with van der Waals surface area (Å²) in [6, 6.07) is 3.75. The Kier molecular flexibility index (Phi) is 4.57. The van der Waals surface area contributed by atoms with Crippen LogP contribution in [-0.2, 0) is 6.54 Å². The summed E-state index contributed by atoms with van der Waals surface area (Å²) in [4.78, 5) is 8.45. The average molecular weight is 398 g/mol. The third kappa shape index (κ3) is 2.84. The van der Waals surface area contributed by atoms with E-state index in [-0.39, 0.29) is 12.1 Å². The monoisotopic (exact) mass is 397 g/mol. The molecule has 4 rings (SSSR count). The van der Waals surface area contributed by atoms with Crippen molar-refractivity contribution in [3.8, 4) is 11.8 Å². The minimum absolute atomic E-state index is 0.0472. The summed E-state index contributed by atoms with van der Waals surface area (Å²) in [5.74, 6) is 1.07. The molecule has 0 bridgehead atoms. The Morgan fingerprint density at radius 3 is 3.00 bits per heavy atom. The number of hydrogen-bond donors (Lipinski definition) is 2. The number of nitrogens with zero attached hydrogens (tertiary/aromatic N) is 5. The predicted molar refractivity (Wildman–Crippen MR) is 106 cm³/mol. The van der Waals surface area contributed by atoms with Crippen LogP contribution in [0.3, 0.4) is 0 Å². The van der Waals surface area contributed by atoms with Crippen LogP contribution in [0.15, 0.2) is 12.4 Å². The largest absolute Gasteiger partial charge is 0.489 e. The summed E-state index contributed by atoms with van der Waals surface area (Å²) in [6.07, 6.45) is 1.38. The Hall–Kier alpha value is -2.89. The minimum Gasteiger partial charge on any atom is -0.489 e. The molecule has 0 radical (unpaired) electrons. The van der Waals surface area contributed by atoms with Gasteiger partial charge in [0.15, 0.2) is 5.65 Å². The van der Waals surface area contributed by atoms with Crippen LogP contribution >= 0.6 is 11.6 Å². The molecule has 3 heterocycles. The van der Waals surface area contributed by atoms with E-state index >= 15 is 0 Å². The smallest absolute Gasteiger partial charge is 0.164 e. The summed E-state index contributed by atoms with van der Waals surface area (Å²) in [5.41, 5.74) is 9.47. The number of aryl methyl sites for hydroxylation is 1. The summed E-state index contributed by atoms with van der Waals surface area (Å²) in [6.45, 7) is 7.04. The summed E-state index contributed by atoms with van der Waals surface area (Å²) < 4.78 is 8.00. The fourth-order valence-corrected chi connectivity index (χ4v) is 3.93. The number of nitrogens with two attached hydrogens (primary N) is 1. The summed E-state index contributed by atoms with van der Waals surface area (Å²) >= 11 is 6.46. The standard InChI is InChI=1S/C19H20ClN7O/c1-9-6-23-7-14-13(5-21)15(20)4-12(17(14)28-9)11(3)27-19-16(10(2)26-27)18(22)24-8-25-19/h4,8-9,11,23H,6-7H2,1-3H3,(H2,22,24,25). The fourth-order valence-electron chi connectivity index (χ4n) is 3.66. The quantitative estimate of drug-likeness (QED) is 0.683. The van der Waals surface area contributed by atoms with Gasteiger partial charge in [0.25, 0.3) is 0 Å². The molecule has 8 nitrogen and oxygen atoms in total. The Bertz CT molecular complexity index is 1120. The number of rotatable bonds is 2. The zero-order valence-electron chi connectivity index (χ0n) is 15.8.